The summed E-state index contributed by atoms with van der Waals surface area (Å²) in [5.41, 5.74) is 1.80. The maximum Gasteiger partial charge on any atom is 0.504 e. The number of aliphatic hydroxyl groups is 1. The van der Waals surface area contributed by atoms with Crippen molar-refractivity contribution in [2.24, 2.45) is 0 Å². The van der Waals surface area contributed by atoms with E-state index in [1.807, 2.05) is 6.07 Å². The lowest BCUT2D eigenvalue weighted by molar-refractivity contribution is -0.193. The van der Waals surface area contributed by atoms with Gasteiger partial charge in [-0.1, -0.05) is 0 Å². The lowest BCUT2D eigenvalue weighted by Crippen LogP contribution is -2.47. The molecule has 0 saturated carbocycles. The number of aromatic amines is 1. The molecule has 2 aromatic heterocycles. The Morgan fingerprint density at radius 1 is 1.69 bits per heavy atom. The molecule has 0 spiro atoms. The Labute approximate surface area is 146 Å². The van der Waals surface area contributed by atoms with Gasteiger partial charge in [0.05, 0.1) is 12.8 Å². The Morgan fingerprint density at radius 3 is 3.15 bits per heavy atom. The number of ether oxygens (including phenoxy) is 2. The van der Waals surface area contributed by atoms with E-state index < -0.39 is 37.0 Å². The average molecular weight is 381 g/mol. The molecule has 12 nitrogen and oxygen atoms in total. The van der Waals surface area contributed by atoms with E-state index in [2.05, 4.69) is 15.1 Å². The van der Waals surface area contributed by atoms with E-state index in [1.54, 1.807) is 0 Å². The summed E-state index contributed by atoms with van der Waals surface area (Å²) in [4.78, 5) is 18.2. The van der Waals surface area contributed by atoms with Crippen molar-refractivity contribution in [1.29, 1.82) is 5.26 Å². The van der Waals surface area contributed by atoms with Crippen LogP contribution in [-0.4, -0.2) is 62.4 Å². The van der Waals surface area contributed by atoms with Gasteiger partial charge in [-0.15, -0.1) is 9.62 Å². The molecule has 2 aliphatic rings. The van der Waals surface area contributed by atoms with Gasteiger partial charge in [0.25, 0.3) is 5.56 Å². The standard InChI is InChI=1S/C13H13N6O6P/c1-26(22)24-5-12-4-23-8(7(12)20)13(3-14,25-12)6-2-16-9-10(21)17-11(15)18-19(6)9/h2,7-8,20H,4-5H2,1H3,(H2-,15,17,18,21)/p+1/t7-,8+,12+,13-/m0/s1. The molecule has 0 aromatic carbocycles. The highest BCUT2D eigenvalue weighted by molar-refractivity contribution is 7.38. The second kappa shape index (κ2) is 5.54. The predicted molar refractivity (Wildman–Crippen MR) is 84.4 cm³/mol. The highest BCUT2D eigenvalue weighted by Gasteiger charge is 2.71. The number of hydrogen-bond acceptors (Lipinski definition) is 10. The molecule has 4 rings (SSSR count). The predicted octanol–water partition coefficient (Wildman–Crippen LogP) is -1.36. The zero-order valence-electron chi connectivity index (χ0n) is 13.4. The fourth-order valence-corrected chi connectivity index (χ4v) is 3.75. The second-order valence-corrected chi connectivity index (χ2v) is 7.26. The summed E-state index contributed by atoms with van der Waals surface area (Å²) in [5, 5.41) is 24.5. The molecular weight excluding hydrogens is 367 g/mol. The summed E-state index contributed by atoms with van der Waals surface area (Å²) >= 11 is 0. The van der Waals surface area contributed by atoms with Crippen molar-refractivity contribution in [3.63, 3.8) is 0 Å². The lowest BCUT2D eigenvalue weighted by atomic mass is 9.92. The van der Waals surface area contributed by atoms with Crippen molar-refractivity contribution >= 4 is 19.6 Å². The Balaban J connectivity index is 1.85. The number of nitrogens with zero attached hydrogens (tertiary/aromatic N) is 4. The minimum absolute atomic E-state index is 0.0433. The van der Waals surface area contributed by atoms with Crippen LogP contribution >= 0.6 is 8.03 Å². The number of nitrogen functional groups attached to an aromatic ring is 1. The normalized spacial score (nSPS) is 33.5. The highest BCUT2D eigenvalue weighted by Crippen LogP contribution is 2.51. The van der Waals surface area contributed by atoms with Crippen molar-refractivity contribution in [2.75, 3.05) is 25.6 Å². The molecule has 26 heavy (non-hydrogen) atoms. The summed E-state index contributed by atoms with van der Waals surface area (Å²) in [6.45, 7) is 1.09. The third-order valence-corrected chi connectivity index (χ3v) is 5.02. The Kier molecular flexibility index (Phi) is 3.62. The highest BCUT2D eigenvalue weighted by atomic mass is 31.1. The smallest absolute Gasteiger partial charge is 0.387 e. The van der Waals surface area contributed by atoms with Crippen molar-refractivity contribution in [2.45, 2.75) is 23.4 Å². The van der Waals surface area contributed by atoms with E-state index in [4.69, 9.17) is 19.7 Å². The number of rotatable bonds is 4. The number of fused-ring (bicyclic) bond motifs is 3. The van der Waals surface area contributed by atoms with Crippen LogP contribution in [0.2, 0.25) is 0 Å². The molecule has 2 aliphatic heterocycles. The fourth-order valence-electron chi connectivity index (χ4n) is 3.35. The zero-order chi connectivity index (χ0) is 18.7. The molecule has 5 atom stereocenters. The number of nitriles is 1. The van der Waals surface area contributed by atoms with Crippen LogP contribution in [0.5, 0.6) is 0 Å². The van der Waals surface area contributed by atoms with E-state index in [-0.39, 0.29) is 30.5 Å². The SMILES string of the molecule is C[P+](=O)OC[C@]12CO[C@H]([C@@H]1O)[C@](C#N)(c1cnc3c(=O)[nH]c(N)nn13)O2. The first kappa shape index (κ1) is 17.0. The van der Waals surface area contributed by atoms with Crippen LogP contribution in [0, 0.1) is 11.3 Å². The van der Waals surface area contributed by atoms with Gasteiger partial charge in [0, 0.05) is 0 Å². The van der Waals surface area contributed by atoms with Crippen LogP contribution in [0.3, 0.4) is 0 Å². The largest absolute Gasteiger partial charge is 0.504 e. The summed E-state index contributed by atoms with van der Waals surface area (Å²) in [7, 11) is -1.94. The van der Waals surface area contributed by atoms with Gasteiger partial charge in [-0.25, -0.2) is 9.50 Å². The third-order valence-electron chi connectivity index (χ3n) is 4.53. The number of aliphatic hydroxyl groups excluding tert-OH is 1. The molecule has 0 amide bonds. The van der Waals surface area contributed by atoms with Crippen LogP contribution in [0.1, 0.15) is 5.69 Å². The van der Waals surface area contributed by atoms with Gasteiger partial charge >= 0.3 is 8.03 Å². The van der Waals surface area contributed by atoms with Gasteiger partial charge in [-0.3, -0.25) is 9.78 Å². The van der Waals surface area contributed by atoms with E-state index in [0.717, 1.165) is 4.52 Å². The van der Waals surface area contributed by atoms with E-state index >= 15 is 0 Å². The monoisotopic (exact) mass is 381 g/mol. The van der Waals surface area contributed by atoms with Crippen molar-refractivity contribution in [1.82, 2.24) is 19.6 Å². The Bertz CT molecular complexity index is 1010. The van der Waals surface area contributed by atoms with Crippen molar-refractivity contribution < 1.29 is 23.7 Å². The minimum Gasteiger partial charge on any atom is -0.387 e. The number of nitrogens with one attached hydrogen (secondary N) is 1. The van der Waals surface area contributed by atoms with Gasteiger partial charge in [-0.05, 0) is 4.57 Å². The van der Waals surface area contributed by atoms with E-state index in [1.165, 1.54) is 12.9 Å². The number of imidazole rings is 1. The first-order valence-electron chi connectivity index (χ1n) is 7.52. The quantitative estimate of drug-likeness (QED) is 0.535. The van der Waals surface area contributed by atoms with E-state index in [0.29, 0.717) is 0 Å². The Hall–Kier alpha value is -2.42. The first-order chi connectivity index (χ1) is 12.3. The molecular formula is C13H14N6O6P+. The van der Waals surface area contributed by atoms with Crippen molar-refractivity contribution in [3.05, 3.63) is 22.2 Å². The number of aromatic nitrogens is 4. The minimum atomic E-state index is -1.94. The van der Waals surface area contributed by atoms with Crippen LogP contribution in [0.25, 0.3) is 5.65 Å². The van der Waals surface area contributed by atoms with Gasteiger partial charge in [0.1, 0.15) is 30.6 Å². The van der Waals surface area contributed by atoms with Crippen LogP contribution in [0.4, 0.5) is 5.95 Å². The average Bonchev–Trinajstić information content (AvgIpc) is 3.22. The van der Waals surface area contributed by atoms with Crippen molar-refractivity contribution in [3.8, 4) is 6.07 Å². The molecule has 2 aromatic rings. The van der Waals surface area contributed by atoms with Crippen LogP contribution in [-0.2, 0) is 24.2 Å². The molecule has 2 fully saturated rings. The first-order valence-corrected chi connectivity index (χ1v) is 9.14. The lowest BCUT2D eigenvalue weighted by Gasteiger charge is -2.33. The Morgan fingerprint density at radius 2 is 2.46 bits per heavy atom. The fraction of sp³-hybridized carbons (Fsp3) is 0.538. The number of anilines is 1. The topological polar surface area (TPSA) is 178 Å². The van der Waals surface area contributed by atoms with Gasteiger partial charge < -0.3 is 20.3 Å². The number of H-pyrrole nitrogens is 1. The number of hydrogen-bond donors (Lipinski definition) is 3. The molecule has 13 heteroatoms. The third kappa shape index (κ3) is 2.13. The maximum atomic E-state index is 12.0. The summed E-state index contributed by atoms with van der Waals surface area (Å²) in [6, 6.07) is 2.00. The molecule has 2 bridgehead atoms. The maximum absolute atomic E-state index is 12.0. The second-order valence-electron chi connectivity index (χ2n) is 6.12. The summed E-state index contributed by atoms with van der Waals surface area (Å²) in [5.74, 6) is -0.180. The summed E-state index contributed by atoms with van der Waals surface area (Å²) in [6.07, 6.45) is -1.05. The molecule has 4 heterocycles. The van der Waals surface area contributed by atoms with E-state index in [9.17, 15) is 19.7 Å². The van der Waals surface area contributed by atoms with Gasteiger partial charge in [0.15, 0.2) is 12.3 Å². The molecule has 2 saturated heterocycles. The molecule has 0 radical (unpaired) electrons. The molecule has 0 aliphatic carbocycles. The van der Waals surface area contributed by atoms with Gasteiger partial charge in [0.2, 0.25) is 17.2 Å². The molecule has 4 N–H and O–H groups in total. The molecule has 136 valence electrons. The zero-order valence-corrected chi connectivity index (χ0v) is 14.3. The van der Waals surface area contributed by atoms with Gasteiger partial charge in [-0.2, -0.15) is 5.26 Å². The van der Waals surface area contributed by atoms with Crippen LogP contribution in [0.15, 0.2) is 11.0 Å². The number of nitrogens with two attached hydrogens (primary N) is 1. The molecule has 1 unspecified atom stereocenters. The summed E-state index contributed by atoms with van der Waals surface area (Å²) < 4.78 is 29.0. The van der Waals surface area contributed by atoms with Crippen LogP contribution < -0.4 is 11.3 Å².